The molecule has 0 saturated carbocycles. The minimum Gasteiger partial charge on any atom is -0.481 e. The van der Waals surface area contributed by atoms with Crippen molar-refractivity contribution in [1.29, 1.82) is 0 Å². The van der Waals surface area contributed by atoms with Gasteiger partial charge in [0, 0.05) is 12.4 Å². The topological polar surface area (TPSA) is 50.2 Å². The number of benzene rings is 1. The molecule has 0 radical (unpaired) electrons. The molecule has 19 heavy (non-hydrogen) atoms. The Morgan fingerprint density at radius 3 is 2.42 bits per heavy atom. The van der Waals surface area contributed by atoms with E-state index in [1.807, 2.05) is 32.9 Å². The van der Waals surface area contributed by atoms with Gasteiger partial charge in [0.1, 0.15) is 5.92 Å². The smallest absolute Gasteiger partial charge is 0.315 e. The van der Waals surface area contributed by atoms with E-state index in [0.29, 0.717) is 5.56 Å². The van der Waals surface area contributed by atoms with Gasteiger partial charge in [-0.2, -0.15) is 0 Å². The fraction of sp³-hybridized carbons (Fsp3) is 0.250. The first kappa shape index (κ1) is 13.3. The molecule has 0 spiro atoms. The van der Waals surface area contributed by atoms with Crippen LogP contribution in [0.15, 0.2) is 36.7 Å². The molecule has 1 atom stereocenters. The van der Waals surface area contributed by atoms with E-state index in [1.165, 1.54) is 5.56 Å². The Bertz CT molecular complexity index is 606. The van der Waals surface area contributed by atoms with E-state index in [-0.39, 0.29) is 0 Å². The first-order chi connectivity index (χ1) is 9.00. The first-order valence-electron chi connectivity index (χ1n) is 6.21. The summed E-state index contributed by atoms with van der Waals surface area (Å²) in [6.45, 7) is 5.99. The Morgan fingerprint density at radius 2 is 1.84 bits per heavy atom. The standard InChI is InChI=1S/C16H17NO2/c1-10-7-12(3)14(8-11(10)2)15(16(18)19)13-5-4-6-17-9-13/h4-9,15H,1-3H3,(H,18,19). The van der Waals surface area contributed by atoms with Gasteiger partial charge in [-0.15, -0.1) is 0 Å². The van der Waals surface area contributed by atoms with Crippen LogP contribution < -0.4 is 0 Å². The number of hydrogen-bond donors (Lipinski definition) is 1. The lowest BCUT2D eigenvalue weighted by atomic mass is 9.87. The van der Waals surface area contributed by atoms with Crippen LogP contribution >= 0.6 is 0 Å². The van der Waals surface area contributed by atoms with E-state index in [9.17, 15) is 9.90 Å². The number of pyridine rings is 1. The van der Waals surface area contributed by atoms with Crippen molar-refractivity contribution in [1.82, 2.24) is 4.98 Å². The highest BCUT2D eigenvalue weighted by Crippen LogP contribution is 2.29. The molecule has 0 aliphatic heterocycles. The number of carbonyl (C=O) groups is 1. The Labute approximate surface area is 112 Å². The zero-order chi connectivity index (χ0) is 14.0. The minimum absolute atomic E-state index is 0.659. The maximum absolute atomic E-state index is 11.6. The highest BCUT2D eigenvalue weighted by atomic mass is 16.4. The van der Waals surface area contributed by atoms with E-state index >= 15 is 0 Å². The summed E-state index contributed by atoms with van der Waals surface area (Å²) in [5, 5.41) is 9.54. The summed E-state index contributed by atoms with van der Waals surface area (Å²) >= 11 is 0. The highest BCUT2D eigenvalue weighted by Gasteiger charge is 2.24. The van der Waals surface area contributed by atoms with E-state index < -0.39 is 11.9 Å². The largest absolute Gasteiger partial charge is 0.481 e. The Balaban J connectivity index is 2.58. The molecule has 2 aromatic rings. The van der Waals surface area contributed by atoms with Crippen LogP contribution in [-0.4, -0.2) is 16.1 Å². The van der Waals surface area contributed by atoms with Crippen LogP contribution in [0.2, 0.25) is 0 Å². The van der Waals surface area contributed by atoms with Gasteiger partial charge in [0.05, 0.1) is 0 Å². The Morgan fingerprint density at radius 1 is 1.16 bits per heavy atom. The van der Waals surface area contributed by atoms with Gasteiger partial charge < -0.3 is 5.11 Å². The number of rotatable bonds is 3. The normalized spacial score (nSPS) is 12.2. The molecule has 0 fully saturated rings. The van der Waals surface area contributed by atoms with E-state index in [1.54, 1.807) is 24.5 Å². The number of carboxylic acids is 1. The molecule has 98 valence electrons. The van der Waals surface area contributed by atoms with Crippen LogP contribution in [0.25, 0.3) is 0 Å². The predicted molar refractivity (Wildman–Crippen MR) is 74.4 cm³/mol. The van der Waals surface area contributed by atoms with Gasteiger partial charge in [-0.05, 0) is 54.7 Å². The third-order valence-electron chi connectivity index (χ3n) is 3.46. The molecular weight excluding hydrogens is 238 g/mol. The van der Waals surface area contributed by atoms with E-state index in [4.69, 9.17) is 0 Å². The predicted octanol–water partition coefficient (Wildman–Crippen LogP) is 3.22. The Kier molecular flexibility index (Phi) is 3.65. The van der Waals surface area contributed by atoms with Gasteiger partial charge in [0.2, 0.25) is 0 Å². The zero-order valence-corrected chi connectivity index (χ0v) is 11.3. The molecule has 0 saturated heterocycles. The molecule has 1 heterocycles. The van der Waals surface area contributed by atoms with E-state index in [0.717, 1.165) is 16.7 Å². The van der Waals surface area contributed by atoms with Crippen molar-refractivity contribution < 1.29 is 9.90 Å². The quantitative estimate of drug-likeness (QED) is 0.916. The Hall–Kier alpha value is -2.16. The number of aromatic nitrogens is 1. The van der Waals surface area contributed by atoms with Gasteiger partial charge >= 0.3 is 5.97 Å². The van der Waals surface area contributed by atoms with Crippen molar-refractivity contribution in [2.45, 2.75) is 26.7 Å². The van der Waals surface area contributed by atoms with Crippen LogP contribution in [0.1, 0.15) is 33.7 Å². The monoisotopic (exact) mass is 255 g/mol. The number of hydrogen-bond acceptors (Lipinski definition) is 2. The highest BCUT2D eigenvalue weighted by molar-refractivity contribution is 5.81. The van der Waals surface area contributed by atoms with Gasteiger partial charge in [-0.25, -0.2) is 0 Å². The summed E-state index contributed by atoms with van der Waals surface area (Å²) in [5.41, 5.74) is 4.83. The summed E-state index contributed by atoms with van der Waals surface area (Å²) in [5.74, 6) is -1.51. The number of carboxylic acid groups (broad SMARTS) is 1. The summed E-state index contributed by atoms with van der Waals surface area (Å²) in [6, 6.07) is 7.58. The van der Waals surface area contributed by atoms with Crippen molar-refractivity contribution in [3.05, 3.63) is 64.5 Å². The average molecular weight is 255 g/mol. The molecule has 1 N–H and O–H groups in total. The van der Waals surface area contributed by atoms with Crippen LogP contribution in [0.5, 0.6) is 0 Å². The summed E-state index contributed by atoms with van der Waals surface area (Å²) in [6.07, 6.45) is 3.27. The van der Waals surface area contributed by atoms with Crippen molar-refractivity contribution >= 4 is 5.97 Å². The lowest BCUT2D eigenvalue weighted by Crippen LogP contribution is -2.15. The van der Waals surface area contributed by atoms with Crippen molar-refractivity contribution in [3.63, 3.8) is 0 Å². The summed E-state index contributed by atoms with van der Waals surface area (Å²) < 4.78 is 0. The SMILES string of the molecule is Cc1cc(C)c(C(C(=O)O)c2cccnc2)cc1C. The fourth-order valence-electron chi connectivity index (χ4n) is 2.30. The molecule has 1 aromatic carbocycles. The molecule has 3 heteroatoms. The van der Waals surface area contributed by atoms with Crippen LogP contribution in [0.4, 0.5) is 0 Å². The minimum atomic E-state index is -0.848. The van der Waals surface area contributed by atoms with Crippen molar-refractivity contribution in [3.8, 4) is 0 Å². The van der Waals surface area contributed by atoms with Crippen molar-refractivity contribution in [2.75, 3.05) is 0 Å². The molecule has 1 aromatic heterocycles. The lowest BCUT2D eigenvalue weighted by molar-refractivity contribution is -0.137. The molecule has 2 rings (SSSR count). The van der Waals surface area contributed by atoms with Gasteiger partial charge in [0.25, 0.3) is 0 Å². The van der Waals surface area contributed by atoms with Crippen LogP contribution in [0.3, 0.4) is 0 Å². The fourth-order valence-corrected chi connectivity index (χ4v) is 2.30. The molecule has 3 nitrogen and oxygen atoms in total. The zero-order valence-electron chi connectivity index (χ0n) is 11.3. The second-order valence-electron chi connectivity index (χ2n) is 4.85. The van der Waals surface area contributed by atoms with Crippen molar-refractivity contribution in [2.24, 2.45) is 0 Å². The first-order valence-corrected chi connectivity index (χ1v) is 6.21. The summed E-state index contributed by atoms with van der Waals surface area (Å²) in [7, 11) is 0. The van der Waals surface area contributed by atoms with Crippen LogP contribution in [0, 0.1) is 20.8 Å². The molecular formula is C16H17NO2. The van der Waals surface area contributed by atoms with Gasteiger partial charge in [-0.3, -0.25) is 9.78 Å². The molecule has 0 aliphatic rings. The van der Waals surface area contributed by atoms with Crippen LogP contribution in [-0.2, 0) is 4.79 Å². The lowest BCUT2D eigenvalue weighted by Gasteiger charge is -2.17. The average Bonchev–Trinajstić information content (AvgIpc) is 2.37. The third-order valence-corrected chi connectivity index (χ3v) is 3.46. The van der Waals surface area contributed by atoms with Gasteiger partial charge in [0.15, 0.2) is 0 Å². The second kappa shape index (κ2) is 5.22. The second-order valence-corrected chi connectivity index (χ2v) is 4.85. The third kappa shape index (κ3) is 2.65. The maximum Gasteiger partial charge on any atom is 0.315 e. The summed E-state index contributed by atoms with van der Waals surface area (Å²) in [4.78, 5) is 15.6. The maximum atomic E-state index is 11.6. The molecule has 0 amide bonds. The number of nitrogens with zero attached hydrogens (tertiary/aromatic N) is 1. The number of aliphatic carboxylic acids is 1. The van der Waals surface area contributed by atoms with E-state index in [2.05, 4.69) is 4.98 Å². The van der Waals surface area contributed by atoms with Gasteiger partial charge in [-0.1, -0.05) is 18.2 Å². The number of aryl methyl sites for hydroxylation is 3. The molecule has 0 aliphatic carbocycles. The molecule has 0 bridgehead atoms. The molecule has 1 unspecified atom stereocenters.